The van der Waals surface area contributed by atoms with Crippen LogP contribution >= 0.6 is 0 Å². The summed E-state index contributed by atoms with van der Waals surface area (Å²) in [5, 5.41) is 25.5. The molecule has 1 aromatic carbocycles. The van der Waals surface area contributed by atoms with Crippen LogP contribution in [0.25, 0.3) is 0 Å². The van der Waals surface area contributed by atoms with Crippen molar-refractivity contribution in [3.8, 4) is 6.07 Å². The van der Waals surface area contributed by atoms with E-state index in [9.17, 15) is 14.7 Å². The Hall–Kier alpha value is -3.54. The lowest BCUT2D eigenvalue weighted by molar-refractivity contribution is -0.0237. The number of aromatic nitrogens is 2. The number of nitrogens with two attached hydrogens (primary N) is 1. The average Bonchev–Trinajstić information content (AvgIpc) is 2.94. The molecule has 0 aliphatic carbocycles. The SMILES string of the molecule is N#CCC1CN(C(=O)O)C1n1cc(C(N)=O)c(Nc2ccccc2)n1. The van der Waals surface area contributed by atoms with E-state index in [0.29, 0.717) is 5.69 Å². The number of carboxylic acid groups (broad SMARTS) is 1. The summed E-state index contributed by atoms with van der Waals surface area (Å²) in [5.74, 6) is -0.624. The zero-order valence-corrected chi connectivity index (χ0v) is 13.2. The van der Waals surface area contributed by atoms with Gasteiger partial charge in [0.1, 0.15) is 11.7 Å². The Kier molecular flexibility index (Phi) is 4.26. The summed E-state index contributed by atoms with van der Waals surface area (Å²) >= 11 is 0. The zero-order valence-electron chi connectivity index (χ0n) is 13.2. The predicted octanol–water partition coefficient (Wildman–Crippen LogP) is 1.75. The van der Waals surface area contributed by atoms with E-state index in [1.54, 1.807) is 12.1 Å². The fourth-order valence-corrected chi connectivity index (χ4v) is 2.87. The van der Waals surface area contributed by atoms with Gasteiger partial charge in [0.25, 0.3) is 5.91 Å². The first-order valence-corrected chi connectivity index (χ1v) is 7.58. The first-order valence-electron chi connectivity index (χ1n) is 7.58. The van der Waals surface area contributed by atoms with Crippen molar-refractivity contribution in [2.45, 2.75) is 12.6 Å². The fourth-order valence-electron chi connectivity index (χ4n) is 2.87. The summed E-state index contributed by atoms with van der Waals surface area (Å²) in [6.07, 6.45) is -0.131. The summed E-state index contributed by atoms with van der Waals surface area (Å²) in [5.41, 5.74) is 6.28. The molecular weight excluding hydrogens is 324 g/mol. The lowest BCUT2D eigenvalue weighted by Gasteiger charge is -2.45. The van der Waals surface area contributed by atoms with Crippen LogP contribution in [-0.2, 0) is 0 Å². The van der Waals surface area contributed by atoms with E-state index in [4.69, 9.17) is 11.0 Å². The molecule has 0 radical (unpaired) electrons. The number of benzene rings is 1. The zero-order chi connectivity index (χ0) is 18.0. The van der Waals surface area contributed by atoms with Crippen LogP contribution in [0.1, 0.15) is 22.9 Å². The number of anilines is 2. The van der Waals surface area contributed by atoms with E-state index in [-0.39, 0.29) is 30.3 Å². The molecular formula is C16H16N6O3. The second kappa shape index (κ2) is 6.52. The molecule has 2 atom stereocenters. The van der Waals surface area contributed by atoms with Crippen LogP contribution < -0.4 is 11.1 Å². The number of primary amides is 1. The van der Waals surface area contributed by atoms with Crippen molar-refractivity contribution in [2.75, 3.05) is 11.9 Å². The van der Waals surface area contributed by atoms with Gasteiger partial charge in [-0.3, -0.25) is 9.69 Å². The number of hydrogen-bond donors (Lipinski definition) is 3. The molecule has 0 spiro atoms. The highest BCUT2D eigenvalue weighted by Crippen LogP contribution is 2.37. The molecule has 2 unspecified atom stereocenters. The van der Waals surface area contributed by atoms with Crippen LogP contribution in [0.15, 0.2) is 36.5 Å². The van der Waals surface area contributed by atoms with Crippen molar-refractivity contribution < 1.29 is 14.7 Å². The normalized spacial score (nSPS) is 18.9. The maximum atomic E-state index is 11.7. The third-order valence-electron chi connectivity index (χ3n) is 4.08. The molecule has 3 rings (SSSR count). The molecule has 0 saturated carbocycles. The van der Waals surface area contributed by atoms with Crippen molar-refractivity contribution in [1.82, 2.24) is 14.7 Å². The number of rotatable bonds is 5. The molecule has 1 fully saturated rings. The summed E-state index contributed by atoms with van der Waals surface area (Å²) < 4.78 is 1.38. The average molecular weight is 340 g/mol. The minimum absolute atomic E-state index is 0.150. The van der Waals surface area contributed by atoms with Gasteiger partial charge in [0.2, 0.25) is 0 Å². The van der Waals surface area contributed by atoms with E-state index in [1.165, 1.54) is 15.8 Å². The van der Waals surface area contributed by atoms with E-state index in [0.717, 1.165) is 0 Å². The number of amides is 2. The van der Waals surface area contributed by atoms with Gasteiger partial charge in [-0.2, -0.15) is 10.4 Å². The molecule has 1 aliphatic rings. The molecule has 2 aromatic rings. The van der Waals surface area contributed by atoms with Gasteiger partial charge in [-0.15, -0.1) is 0 Å². The highest BCUT2D eigenvalue weighted by atomic mass is 16.4. The van der Waals surface area contributed by atoms with Gasteiger partial charge in [0.15, 0.2) is 5.82 Å². The number of carbonyl (C=O) groups excluding carboxylic acids is 1. The Morgan fingerprint density at radius 1 is 1.40 bits per heavy atom. The maximum Gasteiger partial charge on any atom is 0.409 e. The number of hydrogen-bond acceptors (Lipinski definition) is 5. The van der Waals surface area contributed by atoms with Crippen LogP contribution in [0.3, 0.4) is 0 Å². The van der Waals surface area contributed by atoms with Crippen molar-refractivity contribution in [3.63, 3.8) is 0 Å². The van der Waals surface area contributed by atoms with Gasteiger partial charge in [0, 0.05) is 30.8 Å². The third-order valence-corrected chi connectivity index (χ3v) is 4.08. The first-order chi connectivity index (χ1) is 12.0. The second-order valence-corrected chi connectivity index (χ2v) is 5.70. The predicted molar refractivity (Wildman–Crippen MR) is 88.0 cm³/mol. The van der Waals surface area contributed by atoms with E-state index < -0.39 is 18.2 Å². The monoisotopic (exact) mass is 340 g/mol. The molecule has 4 N–H and O–H groups in total. The Balaban J connectivity index is 1.94. The molecule has 1 saturated heterocycles. The van der Waals surface area contributed by atoms with Crippen molar-refractivity contribution in [2.24, 2.45) is 11.7 Å². The van der Waals surface area contributed by atoms with Crippen molar-refractivity contribution in [1.29, 1.82) is 5.26 Å². The smallest absolute Gasteiger partial charge is 0.409 e. The largest absolute Gasteiger partial charge is 0.465 e. The van der Waals surface area contributed by atoms with Crippen LogP contribution in [-0.4, -0.2) is 38.3 Å². The lowest BCUT2D eigenvalue weighted by atomic mass is 9.92. The van der Waals surface area contributed by atoms with E-state index >= 15 is 0 Å². The van der Waals surface area contributed by atoms with Gasteiger partial charge in [0.05, 0.1) is 6.07 Å². The molecule has 9 nitrogen and oxygen atoms in total. The van der Waals surface area contributed by atoms with Gasteiger partial charge < -0.3 is 16.2 Å². The molecule has 1 aromatic heterocycles. The number of likely N-dealkylation sites (tertiary alicyclic amines) is 1. The van der Waals surface area contributed by atoms with Crippen LogP contribution in [0.2, 0.25) is 0 Å². The second-order valence-electron chi connectivity index (χ2n) is 5.70. The summed E-state index contributed by atoms with van der Waals surface area (Å²) in [4.78, 5) is 24.2. The Morgan fingerprint density at radius 3 is 2.72 bits per heavy atom. The Bertz CT molecular complexity index is 841. The van der Waals surface area contributed by atoms with Gasteiger partial charge in [-0.05, 0) is 12.1 Å². The summed E-state index contributed by atoms with van der Waals surface area (Å²) in [6, 6.07) is 11.1. The molecule has 1 aliphatic heterocycles. The van der Waals surface area contributed by atoms with Crippen LogP contribution in [0, 0.1) is 17.2 Å². The minimum atomic E-state index is -1.10. The lowest BCUT2D eigenvalue weighted by Crippen LogP contribution is -2.54. The fraction of sp³-hybridized carbons (Fsp3) is 0.250. The molecule has 25 heavy (non-hydrogen) atoms. The number of nitrogens with zero attached hydrogens (tertiary/aromatic N) is 4. The minimum Gasteiger partial charge on any atom is -0.465 e. The number of nitrogens with one attached hydrogen (secondary N) is 1. The third kappa shape index (κ3) is 3.10. The number of nitriles is 1. The van der Waals surface area contributed by atoms with Gasteiger partial charge in [-0.1, -0.05) is 18.2 Å². The number of para-hydroxylation sites is 1. The number of carbonyl (C=O) groups is 2. The first kappa shape index (κ1) is 16.3. The maximum absolute atomic E-state index is 11.7. The van der Waals surface area contributed by atoms with Gasteiger partial charge >= 0.3 is 6.09 Å². The van der Waals surface area contributed by atoms with E-state index in [2.05, 4.69) is 10.4 Å². The van der Waals surface area contributed by atoms with Crippen LogP contribution in [0.4, 0.5) is 16.3 Å². The molecule has 2 amide bonds. The summed E-state index contributed by atoms with van der Waals surface area (Å²) in [6.45, 7) is 0.251. The highest BCUT2D eigenvalue weighted by Gasteiger charge is 2.44. The standard InChI is InChI=1S/C16H16N6O3/c17-7-6-10-8-21(16(24)25)15(10)22-9-12(13(18)23)14(20-22)19-11-4-2-1-3-5-11/h1-5,9-10,15H,6,8H2,(H2,18,23)(H,19,20)(H,24,25). The Morgan fingerprint density at radius 2 is 2.12 bits per heavy atom. The van der Waals surface area contributed by atoms with Crippen molar-refractivity contribution in [3.05, 3.63) is 42.1 Å². The Labute approximate surface area is 143 Å². The summed E-state index contributed by atoms with van der Waals surface area (Å²) in [7, 11) is 0. The van der Waals surface area contributed by atoms with Gasteiger partial charge in [-0.25, -0.2) is 9.48 Å². The van der Waals surface area contributed by atoms with Crippen molar-refractivity contribution >= 4 is 23.5 Å². The highest BCUT2D eigenvalue weighted by molar-refractivity contribution is 5.98. The topological polar surface area (TPSA) is 137 Å². The van der Waals surface area contributed by atoms with E-state index in [1.807, 2.05) is 24.3 Å². The molecule has 0 bridgehead atoms. The molecule has 9 heteroatoms. The molecule has 128 valence electrons. The van der Waals surface area contributed by atoms with Crippen LogP contribution in [0.5, 0.6) is 0 Å². The quantitative estimate of drug-likeness (QED) is 0.758. The molecule has 2 heterocycles.